The Bertz CT molecular complexity index is 310. The van der Waals surface area contributed by atoms with Crippen LogP contribution in [-0.2, 0) is 0 Å². The predicted octanol–water partition coefficient (Wildman–Crippen LogP) is 1.45. The van der Waals surface area contributed by atoms with Crippen LogP contribution in [0.1, 0.15) is 36.0 Å². The maximum absolute atomic E-state index is 11.0. The summed E-state index contributed by atoms with van der Waals surface area (Å²) in [4.78, 5) is 11.0. The number of amides is 1. The van der Waals surface area contributed by atoms with Crippen LogP contribution >= 0.6 is 0 Å². The molecule has 3 nitrogen and oxygen atoms in total. The smallest absolute Gasteiger partial charge is 0.253 e. The van der Waals surface area contributed by atoms with E-state index < -0.39 is 6.23 Å². The molecule has 1 aromatic carbocycles. The summed E-state index contributed by atoms with van der Waals surface area (Å²) in [5.41, 5.74) is 1.23. The number of nitrogens with one attached hydrogen (secondary N) is 1. The normalized spacial score (nSPS) is 18.4. The first kappa shape index (κ1) is 9.74. The molecule has 70 valence electrons. The van der Waals surface area contributed by atoms with Crippen molar-refractivity contribution in [1.82, 2.24) is 5.32 Å². The highest BCUT2D eigenvalue weighted by Crippen LogP contribution is 2.21. The van der Waals surface area contributed by atoms with Crippen LogP contribution in [0.3, 0.4) is 0 Å². The van der Waals surface area contributed by atoms with Crippen LogP contribution in [0.2, 0.25) is 0 Å². The first-order valence-electron chi connectivity index (χ1n) is 4.37. The Morgan fingerprint density at radius 1 is 1.31 bits per heavy atom. The van der Waals surface area contributed by atoms with Gasteiger partial charge in [-0.25, -0.2) is 0 Å². The van der Waals surface area contributed by atoms with Gasteiger partial charge in [0.05, 0.1) is 0 Å². The lowest BCUT2D eigenvalue weighted by atomic mass is 10.1. The summed E-state index contributed by atoms with van der Waals surface area (Å²) in [6.07, 6.45) is -0.821. The fourth-order valence-corrected chi connectivity index (χ4v) is 1.22. The Labute approximate surface area is 77.4 Å². The first-order valence-corrected chi connectivity index (χ1v) is 4.37. The number of carbonyl (C=O) groups is 1. The maximum atomic E-state index is 11.0. The molecule has 2 N–H and O–H groups in total. The Kier molecular flexibility index (Phi) is 3.03. The SMILES string of the molecule is CC.O=C1NC(O)c2ccccc21. The second-order valence-corrected chi connectivity index (χ2v) is 2.46. The van der Waals surface area contributed by atoms with Gasteiger partial charge in [-0.15, -0.1) is 0 Å². The van der Waals surface area contributed by atoms with Gasteiger partial charge in [0.15, 0.2) is 6.23 Å². The predicted molar refractivity (Wildman–Crippen MR) is 50.2 cm³/mol. The molecule has 0 fully saturated rings. The summed E-state index contributed by atoms with van der Waals surface area (Å²) >= 11 is 0. The van der Waals surface area contributed by atoms with Crippen molar-refractivity contribution in [2.75, 3.05) is 0 Å². The summed E-state index contributed by atoms with van der Waals surface area (Å²) in [5.74, 6) is -0.201. The van der Waals surface area contributed by atoms with Gasteiger partial charge in [-0.2, -0.15) is 0 Å². The quantitative estimate of drug-likeness (QED) is 0.633. The highest BCUT2D eigenvalue weighted by molar-refractivity contribution is 5.98. The highest BCUT2D eigenvalue weighted by Gasteiger charge is 2.25. The van der Waals surface area contributed by atoms with Gasteiger partial charge in [-0.3, -0.25) is 4.79 Å². The summed E-state index contributed by atoms with van der Waals surface area (Å²) in [5, 5.41) is 11.6. The standard InChI is InChI=1S/C8H7NO2.C2H6/c10-7-5-3-1-2-4-6(5)8(11)9-7;1-2/h1-4,7,10H,(H,9,11);1-2H3. The highest BCUT2D eigenvalue weighted by atomic mass is 16.3. The van der Waals surface area contributed by atoms with Crippen LogP contribution < -0.4 is 5.32 Å². The van der Waals surface area contributed by atoms with E-state index in [1.807, 2.05) is 13.8 Å². The van der Waals surface area contributed by atoms with Crippen LogP contribution in [0.15, 0.2) is 24.3 Å². The summed E-state index contributed by atoms with van der Waals surface area (Å²) in [6.45, 7) is 4.00. The number of benzene rings is 1. The number of carbonyl (C=O) groups excluding carboxylic acids is 1. The molecule has 3 heteroatoms. The lowest BCUT2D eigenvalue weighted by Crippen LogP contribution is -2.17. The van der Waals surface area contributed by atoms with E-state index in [9.17, 15) is 9.90 Å². The first-order chi connectivity index (χ1) is 6.29. The van der Waals surface area contributed by atoms with E-state index in [4.69, 9.17) is 0 Å². The average Bonchev–Trinajstić information content (AvgIpc) is 2.47. The molecule has 0 aliphatic carbocycles. The van der Waals surface area contributed by atoms with Crippen molar-refractivity contribution >= 4 is 5.91 Å². The number of aliphatic hydroxyl groups is 1. The molecule has 0 saturated heterocycles. The van der Waals surface area contributed by atoms with Crippen LogP contribution in [0.5, 0.6) is 0 Å². The molecule has 1 amide bonds. The summed E-state index contributed by atoms with van der Waals surface area (Å²) < 4.78 is 0. The molecule has 1 heterocycles. The van der Waals surface area contributed by atoms with Crippen LogP contribution in [0.4, 0.5) is 0 Å². The third-order valence-corrected chi connectivity index (χ3v) is 1.77. The van der Waals surface area contributed by atoms with Gasteiger partial charge in [-0.05, 0) is 6.07 Å². The van der Waals surface area contributed by atoms with Gasteiger partial charge in [-0.1, -0.05) is 32.0 Å². The van der Waals surface area contributed by atoms with E-state index in [-0.39, 0.29) is 5.91 Å². The largest absolute Gasteiger partial charge is 0.369 e. The molecule has 1 unspecified atom stereocenters. The van der Waals surface area contributed by atoms with E-state index in [1.54, 1.807) is 24.3 Å². The van der Waals surface area contributed by atoms with Crippen LogP contribution in [0.25, 0.3) is 0 Å². The summed E-state index contributed by atoms with van der Waals surface area (Å²) in [7, 11) is 0. The molecule has 13 heavy (non-hydrogen) atoms. The maximum Gasteiger partial charge on any atom is 0.253 e. The lowest BCUT2D eigenvalue weighted by Gasteiger charge is -1.99. The Balaban J connectivity index is 0.000000396. The van der Waals surface area contributed by atoms with Gasteiger partial charge in [0.1, 0.15) is 0 Å². The van der Waals surface area contributed by atoms with Crippen molar-refractivity contribution in [3.8, 4) is 0 Å². The topological polar surface area (TPSA) is 49.3 Å². The minimum absolute atomic E-state index is 0.201. The third kappa shape index (κ3) is 1.70. The second-order valence-electron chi connectivity index (χ2n) is 2.46. The van der Waals surface area contributed by atoms with E-state index in [0.717, 1.165) is 0 Å². The van der Waals surface area contributed by atoms with Crippen molar-refractivity contribution in [3.05, 3.63) is 35.4 Å². The Morgan fingerprint density at radius 3 is 2.54 bits per heavy atom. The number of hydrogen-bond donors (Lipinski definition) is 2. The molecular formula is C10H13NO2. The molecule has 1 aromatic rings. The van der Waals surface area contributed by atoms with E-state index >= 15 is 0 Å². The van der Waals surface area contributed by atoms with Crippen molar-refractivity contribution in [2.45, 2.75) is 20.1 Å². The van der Waals surface area contributed by atoms with E-state index in [0.29, 0.717) is 11.1 Å². The van der Waals surface area contributed by atoms with Crippen molar-refractivity contribution in [3.63, 3.8) is 0 Å². The molecule has 0 spiro atoms. The third-order valence-electron chi connectivity index (χ3n) is 1.77. The Hall–Kier alpha value is -1.35. The minimum Gasteiger partial charge on any atom is -0.369 e. The summed E-state index contributed by atoms with van der Waals surface area (Å²) in [6, 6.07) is 7.00. The average molecular weight is 179 g/mol. The lowest BCUT2D eigenvalue weighted by molar-refractivity contribution is 0.0850. The van der Waals surface area contributed by atoms with Gasteiger partial charge >= 0.3 is 0 Å². The zero-order chi connectivity index (χ0) is 9.84. The monoisotopic (exact) mass is 179 g/mol. The number of aliphatic hydroxyl groups excluding tert-OH is 1. The van der Waals surface area contributed by atoms with E-state index in [1.165, 1.54) is 0 Å². The fraction of sp³-hybridized carbons (Fsp3) is 0.300. The van der Waals surface area contributed by atoms with E-state index in [2.05, 4.69) is 5.32 Å². The van der Waals surface area contributed by atoms with Gasteiger partial charge < -0.3 is 10.4 Å². The van der Waals surface area contributed by atoms with Crippen LogP contribution in [0, 0.1) is 0 Å². The fourth-order valence-electron chi connectivity index (χ4n) is 1.22. The Morgan fingerprint density at radius 2 is 1.92 bits per heavy atom. The van der Waals surface area contributed by atoms with Crippen molar-refractivity contribution < 1.29 is 9.90 Å². The molecule has 0 saturated carbocycles. The molecule has 0 bridgehead atoms. The van der Waals surface area contributed by atoms with Gasteiger partial charge in [0.25, 0.3) is 5.91 Å². The molecule has 0 aromatic heterocycles. The van der Waals surface area contributed by atoms with Gasteiger partial charge in [0, 0.05) is 11.1 Å². The number of rotatable bonds is 0. The molecular weight excluding hydrogens is 166 g/mol. The zero-order valence-electron chi connectivity index (χ0n) is 7.74. The molecule has 2 rings (SSSR count). The molecule has 1 aliphatic heterocycles. The minimum atomic E-state index is -0.821. The number of fused-ring (bicyclic) bond motifs is 1. The molecule has 0 radical (unpaired) electrons. The van der Waals surface area contributed by atoms with Crippen molar-refractivity contribution in [2.24, 2.45) is 0 Å². The number of hydrogen-bond acceptors (Lipinski definition) is 2. The van der Waals surface area contributed by atoms with Gasteiger partial charge in [0.2, 0.25) is 0 Å². The molecule has 1 atom stereocenters. The van der Waals surface area contributed by atoms with Crippen molar-refractivity contribution in [1.29, 1.82) is 0 Å². The molecule has 1 aliphatic rings. The zero-order valence-corrected chi connectivity index (χ0v) is 7.74. The second kappa shape index (κ2) is 4.05. The van der Waals surface area contributed by atoms with Crippen LogP contribution in [-0.4, -0.2) is 11.0 Å².